The van der Waals surface area contributed by atoms with Crippen LogP contribution in [0.15, 0.2) is 35.4 Å². The molecule has 1 N–H and O–H groups in total. The second-order valence-corrected chi connectivity index (χ2v) is 4.11. The lowest BCUT2D eigenvalue weighted by atomic mass is 10.2. The van der Waals surface area contributed by atoms with E-state index in [2.05, 4.69) is 10.5 Å². The van der Waals surface area contributed by atoms with Crippen molar-refractivity contribution in [3.05, 3.63) is 35.9 Å². The molecule has 94 valence electrons. The molecule has 0 aliphatic carbocycles. The topological polar surface area (TPSA) is 61.8 Å². The molecule has 0 saturated carbocycles. The van der Waals surface area contributed by atoms with Crippen LogP contribution in [0.3, 0.4) is 0 Å². The molecule has 1 aliphatic heterocycles. The molecule has 1 aromatic rings. The number of likely N-dealkylation sites (tertiary alicyclic amines) is 1. The number of nitrogens with zero attached hydrogens (tertiary/aromatic N) is 2. The zero-order valence-corrected chi connectivity index (χ0v) is 10.0. The van der Waals surface area contributed by atoms with Crippen LogP contribution in [0.25, 0.3) is 0 Å². The summed E-state index contributed by atoms with van der Waals surface area (Å²) < 4.78 is 0. The Balaban J connectivity index is 1.84. The molecule has 0 unspecified atom stereocenters. The lowest BCUT2D eigenvalue weighted by Gasteiger charge is -2.12. The Morgan fingerprint density at radius 2 is 1.83 bits per heavy atom. The van der Waals surface area contributed by atoms with Gasteiger partial charge in [0.25, 0.3) is 0 Å². The highest BCUT2D eigenvalue weighted by molar-refractivity contribution is 6.35. The molecule has 18 heavy (non-hydrogen) atoms. The van der Waals surface area contributed by atoms with Crippen molar-refractivity contribution in [1.82, 2.24) is 10.3 Å². The van der Waals surface area contributed by atoms with Gasteiger partial charge < -0.3 is 4.90 Å². The van der Waals surface area contributed by atoms with Gasteiger partial charge in [0, 0.05) is 13.1 Å². The van der Waals surface area contributed by atoms with E-state index < -0.39 is 11.8 Å². The van der Waals surface area contributed by atoms with Gasteiger partial charge in [0.15, 0.2) is 0 Å². The van der Waals surface area contributed by atoms with E-state index >= 15 is 0 Å². The van der Waals surface area contributed by atoms with Gasteiger partial charge in [-0.1, -0.05) is 30.3 Å². The van der Waals surface area contributed by atoms with E-state index in [9.17, 15) is 9.59 Å². The molecule has 1 saturated heterocycles. The maximum Gasteiger partial charge on any atom is 0.329 e. The minimum absolute atomic E-state index is 0.502. The second-order valence-electron chi connectivity index (χ2n) is 4.11. The molecule has 0 aromatic heterocycles. The number of carbonyl (C=O) groups is 2. The minimum atomic E-state index is -0.677. The minimum Gasteiger partial charge on any atom is -0.334 e. The summed E-state index contributed by atoms with van der Waals surface area (Å²) in [6, 6.07) is 9.36. The summed E-state index contributed by atoms with van der Waals surface area (Å²) in [6.45, 7) is 1.32. The molecule has 1 aliphatic rings. The Morgan fingerprint density at radius 3 is 2.50 bits per heavy atom. The first-order chi connectivity index (χ1) is 8.77. The molecule has 2 rings (SSSR count). The van der Waals surface area contributed by atoms with Crippen molar-refractivity contribution in [2.24, 2.45) is 5.10 Å². The van der Waals surface area contributed by atoms with Gasteiger partial charge in [0.05, 0.1) is 6.21 Å². The number of hydrogen-bond acceptors (Lipinski definition) is 3. The van der Waals surface area contributed by atoms with Crippen LogP contribution < -0.4 is 5.43 Å². The SMILES string of the molecule is O=C(N/N=C\c1ccccc1)C(=O)N1CCCC1. The molecule has 1 aromatic carbocycles. The Bertz CT molecular complexity index is 451. The Hall–Kier alpha value is -2.17. The third kappa shape index (κ3) is 3.16. The summed E-state index contributed by atoms with van der Waals surface area (Å²) in [4.78, 5) is 24.7. The van der Waals surface area contributed by atoms with Gasteiger partial charge in [0.2, 0.25) is 0 Å². The molecule has 0 bridgehead atoms. The van der Waals surface area contributed by atoms with Gasteiger partial charge in [-0.05, 0) is 18.4 Å². The van der Waals surface area contributed by atoms with Crippen molar-refractivity contribution >= 4 is 18.0 Å². The second kappa shape index (κ2) is 5.95. The number of rotatable bonds is 2. The van der Waals surface area contributed by atoms with Gasteiger partial charge >= 0.3 is 11.8 Å². The first kappa shape index (κ1) is 12.3. The fourth-order valence-electron chi connectivity index (χ4n) is 1.82. The smallest absolute Gasteiger partial charge is 0.329 e. The summed E-state index contributed by atoms with van der Waals surface area (Å²) in [5.74, 6) is -1.18. The first-order valence-corrected chi connectivity index (χ1v) is 5.95. The highest BCUT2D eigenvalue weighted by Crippen LogP contribution is 2.07. The lowest BCUT2D eigenvalue weighted by Crippen LogP contribution is -2.39. The molecule has 0 spiro atoms. The average Bonchev–Trinajstić information content (AvgIpc) is 2.93. The van der Waals surface area contributed by atoms with E-state index in [0.29, 0.717) is 13.1 Å². The van der Waals surface area contributed by atoms with Gasteiger partial charge in [-0.2, -0.15) is 5.10 Å². The summed E-state index contributed by atoms with van der Waals surface area (Å²) in [6.07, 6.45) is 3.44. The van der Waals surface area contributed by atoms with E-state index in [1.165, 1.54) is 6.21 Å². The fourth-order valence-corrected chi connectivity index (χ4v) is 1.82. The monoisotopic (exact) mass is 245 g/mol. The molecule has 1 fully saturated rings. The van der Waals surface area contributed by atoms with Gasteiger partial charge in [-0.25, -0.2) is 5.43 Å². The van der Waals surface area contributed by atoms with Gasteiger partial charge in [-0.3, -0.25) is 9.59 Å². The largest absolute Gasteiger partial charge is 0.334 e. The highest BCUT2D eigenvalue weighted by atomic mass is 16.2. The van der Waals surface area contributed by atoms with Crippen molar-refractivity contribution in [1.29, 1.82) is 0 Å². The molecule has 0 atom stereocenters. The normalized spacial score (nSPS) is 15.0. The van der Waals surface area contributed by atoms with Crippen LogP contribution >= 0.6 is 0 Å². The van der Waals surface area contributed by atoms with Crippen LogP contribution in [0.1, 0.15) is 18.4 Å². The molecular formula is C13H15N3O2. The van der Waals surface area contributed by atoms with E-state index in [0.717, 1.165) is 18.4 Å². The van der Waals surface area contributed by atoms with E-state index in [-0.39, 0.29) is 0 Å². The van der Waals surface area contributed by atoms with Crippen LogP contribution in [-0.4, -0.2) is 36.0 Å². The zero-order chi connectivity index (χ0) is 12.8. The Labute approximate surface area is 105 Å². The van der Waals surface area contributed by atoms with Crippen LogP contribution in [0.5, 0.6) is 0 Å². The summed E-state index contributed by atoms with van der Waals surface area (Å²) >= 11 is 0. The van der Waals surface area contributed by atoms with Crippen molar-refractivity contribution in [2.75, 3.05) is 13.1 Å². The lowest BCUT2D eigenvalue weighted by molar-refractivity contribution is -0.145. The van der Waals surface area contributed by atoms with Gasteiger partial charge in [-0.15, -0.1) is 0 Å². The Morgan fingerprint density at radius 1 is 1.17 bits per heavy atom. The van der Waals surface area contributed by atoms with Crippen molar-refractivity contribution in [3.63, 3.8) is 0 Å². The number of benzene rings is 1. The number of hydrazone groups is 1. The maximum absolute atomic E-state index is 11.6. The predicted octanol–water partition coefficient (Wildman–Crippen LogP) is 0.759. The van der Waals surface area contributed by atoms with E-state index in [4.69, 9.17) is 0 Å². The molecular weight excluding hydrogens is 230 g/mol. The number of carbonyl (C=O) groups excluding carboxylic acids is 2. The summed E-state index contributed by atoms with van der Waals surface area (Å²) in [7, 11) is 0. The molecule has 2 amide bonds. The standard InChI is InChI=1S/C13H15N3O2/c17-12(13(18)16-8-4-5-9-16)15-14-10-11-6-2-1-3-7-11/h1-3,6-7,10H,4-5,8-9H2,(H,15,17)/b14-10-. The van der Waals surface area contributed by atoms with Crippen LogP contribution in [0, 0.1) is 0 Å². The third-order valence-electron chi connectivity index (χ3n) is 2.77. The maximum atomic E-state index is 11.6. The highest BCUT2D eigenvalue weighted by Gasteiger charge is 2.23. The predicted molar refractivity (Wildman–Crippen MR) is 68.0 cm³/mol. The van der Waals surface area contributed by atoms with Crippen LogP contribution in [0.2, 0.25) is 0 Å². The van der Waals surface area contributed by atoms with Crippen molar-refractivity contribution in [2.45, 2.75) is 12.8 Å². The van der Waals surface area contributed by atoms with Crippen LogP contribution in [0.4, 0.5) is 0 Å². The zero-order valence-electron chi connectivity index (χ0n) is 10.0. The van der Waals surface area contributed by atoms with Crippen molar-refractivity contribution in [3.8, 4) is 0 Å². The van der Waals surface area contributed by atoms with Crippen molar-refractivity contribution < 1.29 is 9.59 Å². The van der Waals surface area contributed by atoms with Crippen LogP contribution in [-0.2, 0) is 9.59 Å². The Kier molecular flexibility index (Phi) is 4.06. The summed E-state index contributed by atoms with van der Waals surface area (Å²) in [5.41, 5.74) is 3.11. The first-order valence-electron chi connectivity index (χ1n) is 5.95. The number of hydrogen-bond donors (Lipinski definition) is 1. The van der Waals surface area contributed by atoms with E-state index in [1.54, 1.807) is 4.90 Å². The number of nitrogens with one attached hydrogen (secondary N) is 1. The average molecular weight is 245 g/mol. The van der Waals surface area contributed by atoms with Gasteiger partial charge in [0.1, 0.15) is 0 Å². The molecule has 5 nitrogen and oxygen atoms in total. The quantitative estimate of drug-likeness (QED) is 0.475. The molecule has 0 radical (unpaired) electrons. The third-order valence-corrected chi connectivity index (χ3v) is 2.77. The van der Waals surface area contributed by atoms with E-state index in [1.807, 2.05) is 30.3 Å². The molecule has 5 heteroatoms. The summed E-state index contributed by atoms with van der Waals surface area (Å²) in [5, 5.41) is 3.76. The molecule has 1 heterocycles. The number of amides is 2. The fraction of sp³-hybridized carbons (Fsp3) is 0.308.